The highest BCUT2D eigenvalue weighted by Gasteiger charge is 2.21. The highest BCUT2D eigenvalue weighted by atomic mass is 16.3. The van der Waals surface area contributed by atoms with Crippen molar-refractivity contribution in [3.05, 3.63) is 46.8 Å². The maximum atomic E-state index is 5.79. The van der Waals surface area contributed by atoms with Crippen molar-refractivity contribution in [2.24, 2.45) is 0 Å². The van der Waals surface area contributed by atoms with E-state index in [-0.39, 0.29) is 6.04 Å². The molecule has 2 aromatic heterocycles. The van der Waals surface area contributed by atoms with Crippen molar-refractivity contribution >= 4 is 0 Å². The summed E-state index contributed by atoms with van der Waals surface area (Å²) >= 11 is 0. The van der Waals surface area contributed by atoms with Crippen LogP contribution in [-0.2, 0) is 6.42 Å². The third-order valence-electron chi connectivity index (χ3n) is 3.17. The fourth-order valence-electron chi connectivity index (χ4n) is 2.09. The number of nitrogens with one attached hydrogen (secondary N) is 1. The van der Waals surface area contributed by atoms with E-state index in [1.54, 1.807) is 6.26 Å². The van der Waals surface area contributed by atoms with Crippen LogP contribution in [0.3, 0.4) is 0 Å². The molecule has 0 aliphatic carbocycles. The summed E-state index contributed by atoms with van der Waals surface area (Å²) in [4.78, 5) is 0. The molecule has 0 saturated heterocycles. The van der Waals surface area contributed by atoms with Crippen LogP contribution in [0.1, 0.15) is 41.4 Å². The second-order valence-electron chi connectivity index (χ2n) is 4.26. The van der Waals surface area contributed by atoms with E-state index in [4.69, 9.17) is 8.83 Å². The molecule has 3 heteroatoms. The summed E-state index contributed by atoms with van der Waals surface area (Å²) < 4.78 is 11.3. The van der Waals surface area contributed by atoms with Crippen molar-refractivity contribution in [2.75, 3.05) is 7.05 Å². The molecule has 3 nitrogen and oxygen atoms in total. The number of furan rings is 2. The summed E-state index contributed by atoms with van der Waals surface area (Å²) in [6, 6.07) is 4.16. The first-order valence-corrected chi connectivity index (χ1v) is 5.97. The lowest BCUT2D eigenvalue weighted by molar-refractivity contribution is 0.435. The molecule has 0 aromatic carbocycles. The van der Waals surface area contributed by atoms with E-state index in [0.29, 0.717) is 0 Å². The molecule has 1 unspecified atom stereocenters. The van der Waals surface area contributed by atoms with Crippen LogP contribution < -0.4 is 5.32 Å². The monoisotopic (exact) mass is 233 g/mol. The molecule has 0 aliphatic rings. The number of hydrogen-bond acceptors (Lipinski definition) is 3. The van der Waals surface area contributed by atoms with Gasteiger partial charge in [-0.1, -0.05) is 6.92 Å². The molecule has 0 fully saturated rings. The van der Waals surface area contributed by atoms with Crippen molar-refractivity contribution in [3.63, 3.8) is 0 Å². The predicted molar refractivity (Wildman–Crippen MR) is 67.2 cm³/mol. The first-order valence-electron chi connectivity index (χ1n) is 5.97. The van der Waals surface area contributed by atoms with E-state index in [1.807, 2.05) is 20.0 Å². The van der Waals surface area contributed by atoms with Gasteiger partial charge in [0.15, 0.2) is 0 Å². The van der Waals surface area contributed by atoms with E-state index >= 15 is 0 Å². The summed E-state index contributed by atoms with van der Waals surface area (Å²) in [7, 11) is 1.93. The first kappa shape index (κ1) is 12.0. The lowest BCUT2D eigenvalue weighted by atomic mass is 10.0. The summed E-state index contributed by atoms with van der Waals surface area (Å²) in [5.74, 6) is 2.93. The van der Waals surface area contributed by atoms with Gasteiger partial charge in [0.25, 0.3) is 0 Å². The minimum Gasteiger partial charge on any atom is -0.469 e. The Labute approximate surface area is 102 Å². The Hall–Kier alpha value is -1.48. The summed E-state index contributed by atoms with van der Waals surface area (Å²) in [6.45, 7) is 6.14. The van der Waals surface area contributed by atoms with Crippen LogP contribution in [0.5, 0.6) is 0 Å². The Morgan fingerprint density at radius 1 is 1.35 bits per heavy atom. The van der Waals surface area contributed by atoms with Gasteiger partial charge < -0.3 is 14.2 Å². The SMILES string of the molecule is CCc1occc1C(NC)c1cc(C)c(C)o1. The summed E-state index contributed by atoms with van der Waals surface area (Å²) in [5.41, 5.74) is 2.34. The fourth-order valence-corrected chi connectivity index (χ4v) is 2.09. The molecule has 2 heterocycles. The minimum atomic E-state index is 0.0658. The number of hydrogen-bond donors (Lipinski definition) is 1. The second-order valence-corrected chi connectivity index (χ2v) is 4.26. The Kier molecular flexibility index (Phi) is 3.38. The molecule has 0 bridgehead atoms. The van der Waals surface area contributed by atoms with Crippen LogP contribution in [0.15, 0.2) is 27.2 Å². The molecule has 0 aliphatic heterocycles. The van der Waals surface area contributed by atoms with Gasteiger partial charge in [-0.15, -0.1) is 0 Å². The average molecular weight is 233 g/mol. The van der Waals surface area contributed by atoms with Gasteiger partial charge in [0.1, 0.15) is 17.3 Å². The average Bonchev–Trinajstić information content (AvgIpc) is 2.89. The molecule has 0 saturated carbocycles. The van der Waals surface area contributed by atoms with Gasteiger partial charge in [-0.3, -0.25) is 0 Å². The van der Waals surface area contributed by atoms with E-state index < -0.39 is 0 Å². The van der Waals surface area contributed by atoms with Crippen LogP contribution in [0.25, 0.3) is 0 Å². The molecular formula is C14H19NO2. The third kappa shape index (κ3) is 2.15. The molecule has 2 rings (SSSR count). The molecular weight excluding hydrogens is 214 g/mol. The lowest BCUT2D eigenvalue weighted by Crippen LogP contribution is -2.17. The quantitative estimate of drug-likeness (QED) is 0.880. The first-order chi connectivity index (χ1) is 8.17. The van der Waals surface area contributed by atoms with Gasteiger partial charge in [0.05, 0.1) is 12.3 Å². The van der Waals surface area contributed by atoms with Gasteiger partial charge in [-0.05, 0) is 38.6 Å². The van der Waals surface area contributed by atoms with E-state index in [9.17, 15) is 0 Å². The summed E-state index contributed by atoms with van der Waals surface area (Å²) in [5, 5.41) is 3.28. The van der Waals surface area contributed by atoms with Crippen LogP contribution in [0.4, 0.5) is 0 Å². The molecule has 0 radical (unpaired) electrons. The minimum absolute atomic E-state index is 0.0658. The maximum absolute atomic E-state index is 5.79. The van der Waals surface area contributed by atoms with E-state index in [0.717, 1.165) is 29.3 Å². The van der Waals surface area contributed by atoms with Crippen molar-refractivity contribution in [2.45, 2.75) is 33.2 Å². The van der Waals surface area contributed by atoms with Crippen molar-refractivity contribution in [3.8, 4) is 0 Å². The van der Waals surface area contributed by atoms with Crippen LogP contribution in [-0.4, -0.2) is 7.05 Å². The molecule has 0 amide bonds. The van der Waals surface area contributed by atoms with Crippen molar-refractivity contribution in [1.82, 2.24) is 5.32 Å². The molecule has 0 spiro atoms. The van der Waals surface area contributed by atoms with E-state index in [2.05, 4.69) is 25.2 Å². The zero-order chi connectivity index (χ0) is 12.4. The van der Waals surface area contributed by atoms with Gasteiger partial charge in [-0.2, -0.15) is 0 Å². The number of aryl methyl sites for hydroxylation is 3. The molecule has 1 N–H and O–H groups in total. The van der Waals surface area contributed by atoms with E-state index in [1.165, 1.54) is 5.56 Å². The Morgan fingerprint density at radius 2 is 2.12 bits per heavy atom. The van der Waals surface area contributed by atoms with Gasteiger partial charge in [0.2, 0.25) is 0 Å². The van der Waals surface area contributed by atoms with Gasteiger partial charge in [0, 0.05) is 12.0 Å². The normalized spacial score (nSPS) is 12.9. The van der Waals surface area contributed by atoms with Gasteiger partial charge in [-0.25, -0.2) is 0 Å². The lowest BCUT2D eigenvalue weighted by Gasteiger charge is -2.13. The van der Waals surface area contributed by atoms with Crippen LogP contribution in [0.2, 0.25) is 0 Å². The second kappa shape index (κ2) is 4.80. The Balaban J connectivity index is 2.40. The molecule has 17 heavy (non-hydrogen) atoms. The standard InChI is InChI=1S/C14H19NO2/c1-5-12-11(6-7-16-12)14(15-4)13-8-9(2)10(3)17-13/h6-8,14-15H,5H2,1-4H3. The highest BCUT2D eigenvalue weighted by molar-refractivity contribution is 5.31. The number of rotatable bonds is 4. The van der Waals surface area contributed by atoms with Crippen molar-refractivity contribution < 1.29 is 8.83 Å². The maximum Gasteiger partial charge on any atom is 0.126 e. The summed E-state index contributed by atoms with van der Waals surface area (Å²) in [6.07, 6.45) is 2.63. The van der Waals surface area contributed by atoms with Crippen LogP contribution >= 0.6 is 0 Å². The van der Waals surface area contributed by atoms with Crippen LogP contribution in [0, 0.1) is 13.8 Å². The Bertz CT molecular complexity index is 477. The molecule has 92 valence electrons. The molecule has 2 aromatic rings. The predicted octanol–water partition coefficient (Wildman–Crippen LogP) is 3.36. The smallest absolute Gasteiger partial charge is 0.126 e. The zero-order valence-electron chi connectivity index (χ0n) is 10.8. The largest absolute Gasteiger partial charge is 0.469 e. The third-order valence-corrected chi connectivity index (χ3v) is 3.17. The Morgan fingerprint density at radius 3 is 2.65 bits per heavy atom. The van der Waals surface area contributed by atoms with Crippen molar-refractivity contribution in [1.29, 1.82) is 0 Å². The topological polar surface area (TPSA) is 38.3 Å². The molecule has 1 atom stereocenters. The fraction of sp³-hybridized carbons (Fsp3) is 0.429. The van der Waals surface area contributed by atoms with Gasteiger partial charge >= 0.3 is 0 Å². The highest BCUT2D eigenvalue weighted by Crippen LogP contribution is 2.28. The zero-order valence-corrected chi connectivity index (χ0v) is 10.8.